The molecule has 2 atom stereocenters. The summed E-state index contributed by atoms with van der Waals surface area (Å²) >= 11 is 3.60. The first-order valence-electron chi connectivity index (χ1n) is 7.47. The molecular formula is C16H26BrN3. The normalized spacial score (nSPS) is 20.7. The van der Waals surface area contributed by atoms with E-state index in [0.29, 0.717) is 12.1 Å². The van der Waals surface area contributed by atoms with Crippen LogP contribution >= 0.6 is 15.9 Å². The molecule has 2 rings (SSSR count). The van der Waals surface area contributed by atoms with Gasteiger partial charge in [-0.05, 0) is 57.7 Å². The Hall–Kier alpha value is -0.580. The molecule has 1 aliphatic rings. The van der Waals surface area contributed by atoms with Gasteiger partial charge in [0.1, 0.15) is 0 Å². The van der Waals surface area contributed by atoms with Crippen LogP contribution < -0.4 is 10.2 Å². The number of likely N-dealkylation sites (N-methyl/N-ethyl adjacent to an activating group) is 1. The average Bonchev–Trinajstić information content (AvgIpc) is 2.88. The molecule has 1 aliphatic heterocycles. The molecule has 0 saturated carbocycles. The number of hydrogen-bond acceptors (Lipinski definition) is 3. The standard InChI is InChI=1S/C16H26BrN3/c1-5-18-12(2)15-10-13(17)6-7-16(15)20-9-8-14(11-20)19(3)4/h6-7,10,12,14,18H,5,8-9,11H2,1-4H3. The van der Waals surface area contributed by atoms with Crippen LogP contribution in [0.3, 0.4) is 0 Å². The maximum Gasteiger partial charge on any atom is 0.0415 e. The predicted octanol–water partition coefficient (Wildman–Crippen LogP) is 3.26. The van der Waals surface area contributed by atoms with Gasteiger partial charge >= 0.3 is 0 Å². The quantitative estimate of drug-likeness (QED) is 0.888. The first-order chi connectivity index (χ1) is 9.52. The molecule has 1 N–H and O–H groups in total. The van der Waals surface area contributed by atoms with Gasteiger partial charge in [-0.15, -0.1) is 0 Å². The van der Waals surface area contributed by atoms with Crippen LogP contribution in [0.1, 0.15) is 31.9 Å². The Bertz CT molecular complexity index is 447. The number of anilines is 1. The predicted molar refractivity (Wildman–Crippen MR) is 90.5 cm³/mol. The smallest absolute Gasteiger partial charge is 0.0415 e. The highest BCUT2D eigenvalue weighted by Crippen LogP contribution is 2.32. The van der Waals surface area contributed by atoms with Crippen LogP contribution in [0.5, 0.6) is 0 Å². The summed E-state index contributed by atoms with van der Waals surface area (Å²) in [5.74, 6) is 0. The highest BCUT2D eigenvalue weighted by atomic mass is 79.9. The second-order valence-electron chi connectivity index (χ2n) is 5.83. The van der Waals surface area contributed by atoms with E-state index in [1.807, 2.05) is 0 Å². The van der Waals surface area contributed by atoms with Crippen molar-refractivity contribution in [2.24, 2.45) is 0 Å². The maximum atomic E-state index is 3.60. The molecule has 20 heavy (non-hydrogen) atoms. The summed E-state index contributed by atoms with van der Waals surface area (Å²) in [6, 6.07) is 7.71. The SMILES string of the molecule is CCNC(C)c1cc(Br)ccc1N1CCC(N(C)C)C1. The van der Waals surface area contributed by atoms with Gasteiger partial charge in [-0.1, -0.05) is 22.9 Å². The van der Waals surface area contributed by atoms with Gasteiger partial charge in [0.25, 0.3) is 0 Å². The number of nitrogens with zero attached hydrogens (tertiary/aromatic N) is 2. The molecule has 1 fully saturated rings. The number of halogens is 1. The minimum absolute atomic E-state index is 0.380. The first kappa shape index (κ1) is 15.8. The molecule has 0 aromatic heterocycles. The Balaban J connectivity index is 2.23. The molecular weight excluding hydrogens is 314 g/mol. The number of rotatable bonds is 5. The van der Waals surface area contributed by atoms with Crippen LogP contribution in [-0.4, -0.2) is 44.7 Å². The zero-order chi connectivity index (χ0) is 14.7. The van der Waals surface area contributed by atoms with Gasteiger partial charge in [-0.25, -0.2) is 0 Å². The molecule has 1 heterocycles. The Morgan fingerprint density at radius 3 is 2.80 bits per heavy atom. The van der Waals surface area contributed by atoms with Gasteiger partial charge in [0.2, 0.25) is 0 Å². The van der Waals surface area contributed by atoms with Gasteiger partial charge in [0.15, 0.2) is 0 Å². The molecule has 1 aromatic carbocycles. The van der Waals surface area contributed by atoms with E-state index in [2.05, 4.69) is 77.2 Å². The molecule has 0 amide bonds. The third kappa shape index (κ3) is 3.54. The summed E-state index contributed by atoms with van der Waals surface area (Å²) in [4.78, 5) is 4.87. The second kappa shape index (κ2) is 6.92. The van der Waals surface area contributed by atoms with Crippen LogP contribution in [0.15, 0.2) is 22.7 Å². The molecule has 0 spiro atoms. The Kier molecular flexibility index (Phi) is 5.47. The summed E-state index contributed by atoms with van der Waals surface area (Å²) in [5.41, 5.74) is 2.77. The summed E-state index contributed by atoms with van der Waals surface area (Å²) in [6.45, 7) is 7.67. The van der Waals surface area contributed by atoms with Gasteiger partial charge in [-0.2, -0.15) is 0 Å². The Morgan fingerprint density at radius 2 is 2.20 bits per heavy atom. The zero-order valence-electron chi connectivity index (χ0n) is 13.0. The molecule has 112 valence electrons. The van der Waals surface area contributed by atoms with E-state index < -0.39 is 0 Å². The number of hydrogen-bond donors (Lipinski definition) is 1. The number of nitrogens with one attached hydrogen (secondary N) is 1. The molecule has 2 unspecified atom stereocenters. The molecule has 0 radical (unpaired) electrons. The van der Waals surface area contributed by atoms with Crippen molar-refractivity contribution in [1.82, 2.24) is 10.2 Å². The minimum atomic E-state index is 0.380. The summed E-state index contributed by atoms with van der Waals surface area (Å²) in [6.07, 6.45) is 1.25. The van der Waals surface area contributed by atoms with Crippen LogP contribution in [-0.2, 0) is 0 Å². The lowest BCUT2D eigenvalue weighted by atomic mass is 10.1. The molecule has 3 nitrogen and oxygen atoms in total. The number of benzene rings is 1. The van der Waals surface area contributed by atoms with E-state index in [1.54, 1.807) is 0 Å². The van der Waals surface area contributed by atoms with Crippen molar-refractivity contribution in [1.29, 1.82) is 0 Å². The topological polar surface area (TPSA) is 18.5 Å². The maximum absolute atomic E-state index is 3.60. The van der Waals surface area contributed by atoms with Crippen molar-refractivity contribution in [3.05, 3.63) is 28.2 Å². The highest BCUT2D eigenvalue weighted by Gasteiger charge is 2.26. The van der Waals surface area contributed by atoms with Crippen molar-refractivity contribution in [2.45, 2.75) is 32.4 Å². The minimum Gasteiger partial charge on any atom is -0.370 e. The molecule has 4 heteroatoms. The fourth-order valence-corrected chi connectivity index (χ4v) is 3.34. The van der Waals surface area contributed by atoms with Crippen molar-refractivity contribution < 1.29 is 0 Å². The highest BCUT2D eigenvalue weighted by molar-refractivity contribution is 9.10. The third-order valence-corrected chi connectivity index (χ3v) is 4.69. The fourth-order valence-electron chi connectivity index (χ4n) is 2.96. The average molecular weight is 340 g/mol. The van der Waals surface area contributed by atoms with E-state index in [-0.39, 0.29) is 0 Å². The van der Waals surface area contributed by atoms with Crippen LogP contribution in [0, 0.1) is 0 Å². The summed E-state index contributed by atoms with van der Waals surface area (Å²) < 4.78 is 1.16. The van der Waals surface area contributed by atoms with Crippen molar-refractivity contribution in [3.8, 4) is 0 Å². The summed E-state index contributed by atoms with van der Waals surface area (Å²) in [7, 11) is 4.36. The van der Waals surface area contributed by atoms with Crippen molar-refractivity contribution in [3.63, 3.8) is 0 Å². The molecule has 0 bridgehead atoms. The second-order valence-corrected chi connectivity index (χ2v) is 6.75. The van der Waals surface area contributed by atoms with E-state index in [4.69, 9.17) is 0 Å². The van der Waals surface area contributed by atoms with Gasteiger partial charge in [-0.3, -0.25) is 0 Å². The lowest BCUT2D eigenvalue weighted by molar-refractivity contribution is 0.315. The van der Waals surface area contributed by atoms with Gasteiger partial charge in [0.05, 0.1) is 0 Å². The van der Waals surface area contributed by atoms with Crippen LogP contribution in [0.4, 0.5) is 5.69 Å². The molecule has 1 saturated heterocycles. The van der Waals surface area contributed by atoms with Crippen LogP contribution in [0.2, 0.25) is 0 Å². The largest absolute Gasteiger partial charge is 0.370 e. The Labute approximate surface area is 131 Å². The zero-order valence-corrected chi connectivity index (χ0v) is 14.6. The van der Waals surface area contributed by atoms with Crippen molar-refractivity contribution >= 4 is 21.6 Å². The van der Waals surface area contributed by atoms with Gasteiger partial charge < -0.3 is 15.1 Å². The molecule has 1 aromatic rings. The van der Waals surface area contributed by atoms with Gasteiger partial charge in [0, 0.05) is 35.3 Å². The van der Waals surface area contributed by atoms with Crippen molar-refractivity contribution in [2.75, 3.05) is 38.6 Å². The van der Waals surface area contributed by atoms with E-state index >= 15 is 0 Å². The van der Waals surface area contributed by atoms with E-state index in [1.165, 1.54) is 17.7 Å². The molecule has 0 aliphatic carbocycles. The fraction of sp³-hybridized carbons (Fsp3) is 0.625. The monoisotopic (exact) mass is 339 g/mol. The third-order valence-electron chi connectivity index (χ3n) is 4.20. The first-order valence-corrected chi connectivity index (χ1v) is 8.26. The van der Waals surface area contributed by atoms with E-state index in [0.717, 1.165) is 24.1 Å². The van der Waals surface area contributed by atoms with Crippen LogP contribution in [0.25, 0.3) is 0 Å². The lowest BCUT2D eigenvalue weighted by Gasteiger charge is -2.26. The lowest BCUT2D eigenvalue weighted by Crippen LogP contribution is -2.32. The summed E-state index contributed by atoms with van der Waals surface area (Å²) in [5, 5.41) is 3.53. The van der Waals surface area contributed by atoms with E-state index in [9.17, 15) is 0 Å². The Morgan fingerprint density at radius 1 is 1.45 bits per heavy atom.